The molecule has 0 aliphatic rings. The molecule has 2 heterocycles. The summed E-state index contributed by atoms with van der Waals surface area (Å²) in [5.41, 5.74) is 3.44. The molecule has 0 aliphatic carbocycles. The summed E-state index contributed by atoms with van der Waals surface area (Å²) >= 11 is 6.05. The predicted molar refractivity (Wildman–Crippen MR) is 73.4 cm³/mol. The van der Waals surface area contributed by atoms with Gasteiger partial charge in [-0.05, 0) is 29.7 Å². The van der Waals surface area contributed by atoms with E-state index in [-0.39, 0.29) is 0 Å². The van der Waals surface area contributed by atoms with Crippen LogP contribution in [0.4, 0.5) is 0 Å². The van der Waals surface area contributed by atoms with Gasteiger partial charge in [-0.2, -0.15) is 0 Å². The number of aryl methyl sites for hydroxylation is 1. The summed E-state index contributed by atoms with van der Waals surface area (Å²) in [4.78, 5) is 8.36. The van der Waals surface area contributed by atoms with Gasteiger partial charge in [0.1, 0.15) is 0 Å². The molecule has 94 valence electrons. The van der Waals surface area contributed by atoms with Gasteiger partial charge >= 0.3 is 0 Å². The van der Waals surface area contributed by atoms with Crippen LogP contribution in [0.25, 0.3) is 0 Å². The Morgan fingerprint density at radius 3 is 2.83 bits per heavy atom. The molecular weight excluding hydrogens is 246 g/mol. The van der Waals surface area contributed by atoms with Gasteiger partial charge in [0.15, 0.2) is 0 Å². The molecule has 0 bridgehead atoms. The van der Waals surface area contributed by atoms with Crippen molar-refractivity contribution in [3.05, 3.63) is 58.6 Å². The molecule has 0 spiro atoms. The number of aromatic nitrogens is 2. The van der Waals surface area contributed by atoms with Crippen LogP contribution in [-0.2, 0) is 19.5 Å². The number of nitrogens with zero attached hydrogens (tertiary/aromatic N) is 2. The van der Waals surface area contributed by atoms with Gasteiger partial charge in [0.05, 0.1) is 10.7 Å². The SMILES string of the molecule is CCc1cccnc1CNCc1ccncc1Cl. The number of halogens is 1. The van der Waals surface area contributed by atoms with Gasteiger partial charge in [0.25, 0.3) is 0 Å². The molecule has 0 saturated carbocycles. The fraction of sp³-hybridized carbons (Fsp3) is 0.286. The van der Waals surface area contributed by atoms with Crippen molar-refractivity contribution in [3.63, 3.8) is 0 Å². The molecule has 18 heavy (non-hydrogen) atoms. The minimum absolute atomic E-state index is 0.696. The monoisotopic (exact) mass is 261 g/mol. The first-order valence-electron chi connectivity index (χ1n) is 6.03. The van der Waals surface area contributed by atoms with Gasteiger partial charge in [-0.1, -0.05) is 24.6 Å². The zero-order valence-electron chi connectivity index (χ0n) is 10.4. The van der Waals surface area contributed by atoms with Crippen molar-refractivity contribution in [1.29, 1.82) is 0 Å². The molecule has 1 N–H and O–H groups in total. The van der Waals surface area contributed by atoms with E-state index >= 15 is 0 Å². The normalized spacial score (nSPS) is 10.6. The number of nitrogens with one attached hydrogen (secondary N) is 1. The second-order valence-corrected chi connectivity index (χ2v) is 4.44. The van der Waals surface area contributed by atoms with Crippen LogP contribution in [-0.4, -0.2) is 9.97 Å². The van der Waals surface area contributed by atoms with E-state index in [1.165, 1.54) is 5.56 Å². The van der Waals surface area contributed by atoms with Crippen molar-refractivity contribution in [2.24, 2.45) is 0 Å². The second-order valence-electron chi connectivity index (χ2n) is 4.03. The third-order valence-corrected chi connectivity index (χ3v) is 3.17. The molecule has 0 aromatic carbocycles. The fourth-order valence-electron chi connectivity index (χ4n) is 1.82. The highest BCUT2D eigenvalue weighted by Gasteiger charge is 2.02. The molecule has 2 aromatic rings. The first kappa shape index (κ1) is 13.0. The van der Waals surface area contributed by atoms with Gasteiger partial charge in [0.2, 0.25) is 0 Å². The highest BCUT2D eigenvalue weighted by Crippen LogP contribution is 2.13. The largest absolute Gasteiger partial charge is 0.307 e. The van der Waals surface area contributed by atoms with E-state index in [0.717, 1.165) is 30.8 Å². The first-order chi connectivity index (χ1) is 8.81. The van der Waals surface area contributed by atoms with Gasteiger partial charge in [0, 0.05) is 31.7 Å². The van der Waals surface area contributed by atoms with E-state index < -0.39 is 0 Å². The van der Waals surface area contributed by atoms with Crippen molar-refractivity contribution < 1.29 is 0 Å². The fourth-order valence-corrected chi connectivity index (χ4v) is 2.00. The number of hydrogen-bond donors (Lipinski definition) is 1. The average Bonchev–Trinajstić information content (AvgIpc) is 2.41. The minimum atomic E-state index is 0.696. The molecule has 3 nitrogen and oxygen atoms in total. The highest BCUT2D eigenvalue weighted by molar-refractivity contribution is 6.31. The molecule has 2 rings (SSSR count). The quantitative estimate of drug-likeness (QED) is 0.899. The zero-order chi connectivity index (χ0) is 12.8. The smallest absolute Gasteiger partial charge is 0.0634 e. The van der Waals surface area contributed by atoms with E-state index in [9.17, 15) is 0 Å². The molecular formula is C14H16ClN3. The Hall–Kier alpha value is -1.45. The van der Waals surface area contributed by atoms with E-state index in [4.69, 9.17) is 11.6 Å². The van der Waals surface area contributed by atoms with Crippen LogP contribution in [0.2, 0.25) is 5.02 Å². The van der Waals surface area contributed by atoms with Gasteiger partial charge in [-0.25, -0.2) is 0 Å². The molecule has 0 radical (unpaired) electrons. The maximum atomic E-state index is 6.05. The molecule has 0 unspecified atom stereocenters. The summed E-state index contributed by atoms with van der Waals surface area (Å²) in [5.74, 6) is 0. The Morgan fingerprint density at radius 2 is 2.06 bits per heavy atom. The topological polar surface area (TPSA) is 37.8 Å². The van der Waals surface area contributed by atoms with Crippen molar-refractivity contribution in [1.82, 2.24) is 15.3 Å². The molecule has 0 saturated heterocycles. The van der Waals surface area contributed by atoms with Gasteiger partial charge in [-0.15, -0.1) is 0 Å². The van der Waals surface area contributed by atoms with Crippen LogP contribution < -0.4 is 5.32 Å². The zero-order valence-corrected chi connectivity index (χ0v) is 11.1. The summed E-state index contributed by atoms with van der Waals surface area (Å²) in [7, 11) is 0. The lowest BCUT2D eigenvalue weighted by atomic mass is 10.1. The third kappa shape index (κ3) is 3.28. The van der Waals surface area contributed by atoms with Crippen LogP contribution >= 0.6 is 11.6 Å². The van der Waals surface area contributed by atoms with Crippen molar-refractivity contribution in [2.45, 2.75) is 26.4 Å². The highest BCUT2D eigenvalue weighted by atomic mass is 35.5. The van der Waals surface area contributed by atoms with E-state index in [2.05, 4.69) is 28.3 Å². The Labute approximate surface area is 112 Å². The van der Waals surface area contributed by atoms with E-state index in [0.29, 0.717) is 5.02 Å². The van der Waals surface area contributed by atoms with Crippen LogP contribution in [0.15, 0.2) is 36.8 Å². The van der Waals surface area contributed by atoms with E-state index in [1.807, 2.05) is 18.3 Å². The Balaban J connectivity index is 1.95. The van der Waals surface area contributed by atoms with Crippen molar-refractivity contribution >= 4 is 11.6 Å². The Morgan fingerprint density at radius 1 is 1.17 bits per heavy atom. The molecule has 4 heteroatoms. The van der Waals surface area contributed by atoms with Crippen LogP contribution in [0.5, 0.6) is 0 Å². The number of rotatable bonds is 5. The van der Waals surface area contributed by atoms with Crippen LogP contribution in [0, 0.1) is 0 Å². The lowest BCUT2D eigenvalue weighted by Crippen LogP contribution is -2.15. The summed E-state index contributed by atoms with van der Waals surface area (Å²) < 4.78 is 0. The second kappa shape index (κ2) is 6.47. The molecule has 0 amide bonds. The lowest BCUT2D eigenvalue weighted by molar-refractivity contribution is 0.673. The molecule has 0 aliphatic heterocycles. The van der Waals surface area contributed by atoms with Crippen LogP contribution in [0.3, 0.4) is 0 Å². The Bertz CT molecular complexity index is 514. The summed E-state index contributed by atoms with van der Waals surface area (Å²) in [5, 5.41) is 4.05. The maximum Gasteiger partial charge on any atom is 0.0634 e. The van der Waals surface area contributed by atoms with E-state index in [1.54, 1.807) is 12.4 Å². The average molecular weight is 262 g/mol. The predicted octanol–water partition coefficient (Wildman–Crippen LogP) is 2.98. The molecule has 2 aromatic heterocycles. The third-order valence-electron chi connectivity index (χ3n) is 2.83. The number of pyridine rings is 2. The van der Waals surface area contributed by atoms with Gasteiger partial charge in [-0.3, -0.25) is 9.97 Å². The van der Waals surface area contributed by atoms with Crippen molar-refractivity contribution in [3.8, 4) is 0 Å². The summed E-state index contributed by atoms with van der Waals surface area (Å²) in [6, 6.07) is 6.01. The summed E-state index contributed by atoms with van der Waals surface area (Å²) in [6.45, 7) is 3.62. The Kier molecular flexibility index (Phi) is 4.67. The van der Waals surface area contributed by atoms with Crippen LogP contribution in [0.1, 0.15) is 23.7 Å². The number of hydrogen-bond acceptors (Lipinski definition) is 3. The lowest BCUT2D eigenvalue weighted by Gasteiger charge is -2.08. The standard InChI is InChI=1S/C14H16ClN3/c1-2-11-4-3-6-18-14(11)10-17-8-12-5-7-16-9-13(12)15/h3-7,9,17H,2,8,10H2,1H3. The molecule has 0 fully saturated rings. The first-order valence-corrected chi connectivity index (χ1v) is 6.41. The maximum absolute atomic E-state index is 6.05. The van der Waals surface area contributed by atoms with Gasteiger partial charge < -0.3 is 5.32 Å². The minimum Gasteiger partial charge on any atom is -0.307 e. The molecule has 0 atom stereocenters. The summed E-state index contributed by atoms with van der Waals surface area (Å²) in [6.07, 6.45) is 6.24. The van der Waals surface area contributed by atoms with Crippen molar-refractivity contribution in [2.75, 3.05) is 0 Å².